The number of benzene rings is 1. The Morgan fingerprint density at radius 1 is 1.22 bits per heavy atom. The number of aliphatic carboxylic acids is 1. The monoisotopic (exact) mass is 248 g/mol. The molecule has 98 valence electrons. The summed E-state index contributed by atoms with van der Waals surface area (Å²) < 4.78 is 0. The van der Waals surface area contributed by atoms with Crippen molar-refractivity contribution in [3.05, 3.63) is 35.4 Å². The normalized spacial score (nSPS) is 19.3. The van der Waals surface area contributed by atoms with Gasteiger partial charge in [-0.05, 0) is 29.4 Å². The Morgan fingerprint density at radius 2 is 1.72 bits per heavy atom. The molecule has 0 radical (unpaired) electrons. The highest BCUT2D eigenvalue weighted by atomic mass is 16.4. The Kier molecular flexibility index (Phi) is 2.98. The van der Waals surface area contributed by atoms with Crippen molar-refractivity contribution in [2.45, 2.75) is 45.1 Å². The van der Waals surface area contributed by atoms with E-state index in [0.717, 1.165) is 0 Å². The highest BCUT2D eigenvalue weighted by molar-refractivity contribution is 5.79. The minimum absolute atomic E-state index is 0.0630. The standard InChI is InChI=1S/C15H20O3/c1-14(2,3)11-6-4-10(5-7-11)12(16)15(8-9-15)13(17)18/h4-7,12,16H,8-9H2,1-3H3,(H,17,18). The molecule has 0 aromatic heterocycles. The van der Waals surface area contributed by atoms with Gasteiger partial charge in [-0.1, -0.05) is 45.0 Å². The largest absolute Gasteiger partial charge is 0.481 e. The van der Waals surface area contributed by atoms with Gasteiger partial charge in [-0.2, -0.15) is 0 Å². The number of carboxylic acid groups (broad SMARTS) is 1. The summed E-state index contributed by atoms with van der Waals surface area (Å²) in [4.78, 5) is 11.2. The highest BCUT2D eigenvalue weighted by Crippen LogP contribution is 2.55. The molecule has 2 rings (SSSR count). The fraction of sp³-hybridized carbons (Fsp3) is 0.533. The zero-order chi connectivity index (χ0) is 13.6. The summed E-state index contributed by atoms with van der Waals surface area (Å²) in [5, 5.41) is 19.4. The van der Waals surface area contributed by atoms with E-state index in [2.05, 4.69) is 20.8 Å². The first-order chi connectivity index (χ1) is 8.27. The summed E-state index contributed by atoms with van der Waals surface area (Å²) in [5.41, 5.74) is 0.998. The Balaban J connectivity index is 2.23. The molecule has 0 spiro atoms. The van der Waals surface area contributed by atoms with Crippen molar-refractivity contribution in [1.82, 2.24) is 0 Å². The van der Waals surface area contributed by atoms with Crippen LogP contribution in [0.25, 0.3) is 0 Å². The Hall–Kier alpha value is -1.35. The predicted octanol–water partition coefficient (Wildman–Crippen LogP) is 2.88. The third-order valence-corrected chi connectivity index (χ3v) is 3.83. The molecule has 0 amide bonds. The number of hydrogen-bond donors (Lipinski definition) is 2. The molecule has 1 aromatic carbocycles. The molecule has 0 bridgehead atoms. The summed E-state index contributed by atoms with van der Waals surface area (Å²) in [5.74, 6) is -0.894. The zero-order valence-electron chi connectivity index (χ0n) is 11.1. The van der Waals surface area contributed by atoms with E-state index in [-0.39, 0.29) is 5.41 Å². The molecule has 1 atom stereocenters. The van der Waals surface area contributed by atoms with E-state index in [4.69, 9.17) is 5.11 Å². The predicted molar refractivity (Wildman–Crippen MR) is 69.4 cm³/mol. The van der Waals surface area contributed by atoms with Crippen molar-refractivity contribution in [1.29, 1.82) is 0 Å². The van der Waals surface area contributed by atoms with E-state index in [1.807, 2.05) is 24.3 Å². The number of hydrogen-bond acceptors (Lipinski definition) is 2. The molecule has 0 aliphatic heterocycles. The molecule has 3 heteroatoms. The second-order valence-electron chi connectivity index (χ2n) is 6.24. The minimum Gasteiger partial charge on any atom is -0.481 e. The summed E-state index contributed by atoms with van der Waals surface area (Å²) in [7, 11) is 0. The first-order valence-electron chi connectivity index (χ1n) is 6.29. The summed E-state index contributed by atoms with van der Waals surface area (Å²) in [6, 6.07) is 7.62. The van der Waals surface area contributed by atoms with E-state index in [1.54, 1.807) is 0 Å². The van der Waals surface area contributed by atoms with Crippen molar-refractivity contribution in [3.63, 3.8) is 0 Å². The van der Waals surface area contributed by atoms with Crippen LogP contribution in [0.3, 0.4) is 0 Å². The molecule has 1 aliphatic carbocycles. The molecule has 1 aliphatic rings. The van der Waals surface area contributed by atoms with Gasteiger partial charge < -0.3 is 10.2 Å². The average Bonchev–Trinajstić information content (AvgIpc) is 3.08. The molecule has 0 heterocycles. The number of aliphatic hydroxyl groups is 1. The van der Waals surface area contributed by atoms with Gasteiger partial charge in [0.1, 0.15) is 0 Å². The van der Waals surface area contributed by atoms with Gasteiger partial charge in [0.2, 0.25) is 0 Å². The number of carboxylic acids is 1. The van der Waals surface area contributed by atoms with Crippen LogP contribution in [-0.4, -0.2) is 16.2 Å². The molecular weight excluding hydrogens is 228 g/mol. The fourth-order valence-electron chi connectivity index (χ4n) is 2.22. The lowest BCUT2D eigenvalue weighted by Crippen LogP contribution is -2.23. The molecule has 2 N–H and O–H groups in total. The Labute approximate surface area is 107 Å². The number of aliphatic hydroxyl groups excluding tert-OH is 1. The van der Waals surface area contributed by atoms with Gasteiger partial charge in [-0.25, -0.2) is 0 Å². The second-order valence-corrected chi connectivity index (χ2v) is 6.24. The lowest BCUT2D eigenvalue weighted by atomic mass is 9.85. The van der Waals surface area contributed by atoms with Crippen molar-refractivity contribution in [3.8, 4) is 0 Å². The molecule has 1 unspecified atom stereocenters. The van der Waals surface area contributed by atoms with Crippen molar-refractivity contribution >= 4 is 5.97 Å². The van der Waals surface area contributed by atoms with Crippen LogP contribution in [0.2, 0.25) is 0 Å². The second kappa shape index (κ2) is 4.09. The van der Waals surface area contributed by atoms with Crippen LogP contribution in [0.1, 0.15) is 50.8 Å². The molecule has 3 nitrogen and oxygen atoms in total. The van der Waals surface area contributed by atoms with E-state index < -0.39 is 17.5 Å². The van der Waals surface area contributed by atoms with Crippen LogP contribution in [0.15, 0.2) is 24.3 Å². The zero-order valence-corrected chi connectivity index (χ0v) is 11.1. The maximum atomic E-state index is 11.2. The average molecular weight is 248 g/mol. The molecule has 1 saturated carbocycles. The third kappa shape index (κ3) is 2.15. The van der Waals surface area contributed by atoms with Gasteiger partial charge in [0, 0.05) is 0 Å². The van der Waals surface area contributed by atoms with E-state index in [0.29, 0.717) is 18.4 Å². The topological polar surface area (TPSA) is 57.5 Å². The van der Waals surface area contributed by atoms with Gasteiger partial charge in [0.15, 0.2) is 0 Å². The third-order valence-electron chi connectivity index (χ3n) is 3.83. The van der Waals surface area contributed by atoms with Gasteiger partial charge in [0.25, 0.3) is 0 Å². The lowest BCUT2D eigenvalue weighted by Gasteiger charge is -2.22. The first-order valence-corrected chi connectivity index (χ1v) is 6.29. The summed E-state index contributed by atoms with van der Waals surface area (Å²) in [6.45, 7) is 6.37. The Bertz CT molecular complexity index is 450. The van der Waals surface area contributed by atoms with Crippen LogP contribution in [0.4, 0.5) is 0 Å². The van der Waals surface area contributed by atoms with E-state index in [1.165, 1.54) is 5.56 Å². The quantitative estimate of drug-likeness (QED) is 0.864. The lowest BCUT2D eigenvalue weighted by molar-refractivity contribution is -0.148. The minimum atomic E-state index is -0.941. The van der Waals surface area contributed by atoms with Crippen LogP contribution in [0.5, 0.6) is 0 Å². The number of rotatable bonds is 3. The van der Waals surface area contributed by atoms with Crippen LogP contribution < -0.4 is 0 Å². The SMILES string of the molecule is CC(C)(C)c1ccc(C(O)C2(C(=O)O)CC2)cc1. The highest BCUT2D eigenvalue weighted by Gasteiger charge is 2.56. The molecule has 1 fully saturated rings. The van der Waals surface area contributed by atoms with Gasteiger partial charge in [0.05, 0.1) is 11.5 Å². The molecule has 18 heavy (non-hydrogen) atoms. The Morgan fingerprint density at radius 3 is 2.06 bits per heavy atom. The van der Waals surface area contributed by atoms with Crippen molar-refractivity contribution < 1.29 is 15.0 Å². The number of carbonyl (C=O) groups is 1. The maximum absolute atomic E-state index is 11.2. The van der Waals surface area contributed by atoms with Crippen molar-refractivity contribution in [2.24, 2.45) is 5.41 Å². The van der Waals surface area contributed by atoms with Gasteiger partial charge in [-0.15, -0.1) is 0 Å². The van der Waals surface area contributed by atoms with Crippen LogP contribution >= 0.6 is 0 Å². The first kappa shape index (κ1) is 13.1. The smallest absolute Gasteiger partial charge is 0.312 e. The molecule has 0 saturated heterocycles. The van der Waals surface area contributed by atoms with E-state index in [9.17, 15) is 9.90 Å². The van der Waals surface area contributed by atoms with E-state index >= 15 is 0 Å². The van der Waals surface area contributed by atoms with Crippen LogP contribution in [0, 0.1) is 5.41 Å². The fourth-order valence-corrected chi connectivity index (χ4v) is 2.22. The van der Waals surface area contributed by atoms with Gasteiger partial charge in [-0.3, -0.25) is 4.79 Å². The van der Waals surface area contributed by atoms with Crippen molar-refractivity contribution in [2.75, 3.05) is 0 Å². The summed E-state index contributed by atoms with van der Waals surface area (Å²) in [6.07, 6.45) is 0.221. The maximum Gasteiger partial charge on any atom is 0.312 e. The van der Waals surface area contributed by atoms with Gasteiger partial charge >= 0.3 is 5.97 Å². The van der Waals surface area contributed by atoms with Crippen LogP contribution in [-0.2, 0) is 10.2 Å². The molecule has 1 aromatic rings. The molecular formula is C15H20O3. The summed E-state index contributed by atoms with van der Waals surface area (Å²) >= 11 is 0.